The lowest BCUT2D eigenvalue weighted by Gasteiger charge is -2.47. The van der Waals surface area contributed by atoms with Crippen LogP contribution in [0.15, 0.2) is 73.3 Å². The molecule has 7 aromatic rings. The van der Waals surface area contributed by atoms with Gasteiger partial charge in [-0.15, -0.1) is 0 Å². The highest BCUT2D eigenvalue weighted by molar-refractivity contribution is 6.38. The van der Waals surface area contributed by atoms with Crippen molar-refractivity contribution in [2.24, 2.45) is 41.4 Å². The Kier molecular flexibility index (Phi) is 7.53. The zero-order valence-electron chi connectivity index (χ0n) is 34.3. The van der Waals surface area contributed by atoms with Gasteiger partial charge in [-0.1, -0.05) is 96.7 Å². The van der Waals surface area contributed by atoms with Crippen molar-refractivity contribution < 1.29 is 0 Å². The molecule has 11 rings (SSSR count). The molecule has 4 saturated carbocycles. The van der Waals surface area contributed by atoms with Gasteiger partial charge in [0.2, 0.25) is 0 Å². The minimum atomic E-state index is 0.0336. The molecule has 0 aliphatic heterocycles. The summed E-state index contributed by atoms with van der Waals surface area (Å²) in [5, 5.41) is 20.0. The van der Waals surface area contributed by atoms with Crippen LogP contribution in [0, 0.1) is 41.4 Å². The van der Waals surface area contributed by atoms with Crippen LogP contribution in [0.25, 0.3) is 76.8 Å². The Labute approximate surface area is 328 Å². The Balaban J connectivity index is 1.18. The van der Waals surface area contributed by atoms with E-state index in [0.717, 1.165) is 35.5 Å². The van der Waals surface area contributed by atoms with Crippen LogP contribution in [-0.2, 0) is 10.8 Å². The normalized spacial score (nSPS) is 30.9. The van der Waals surface area contributed by atoms with Gasteiger partial charge in [0.05, 0.1) is 0 Å². The highest BCUT2D eigenvalue weighted by Crippen LogP contribution is 2.53. The molecule has 280 valence electrons. The second kappa shape index (κ2) is 12.1. The molecule has 0 saturated heterocycles. The second-order valence-corrected chi connectivity index (χ2v) is 21.3. The lowest BCUT2D eigenvalue weighted by molar-refractivity contribution is 0.0899. The van der Waals surface area contributed by atoms with Gasteiger partial charge in [-0.3, -0.25) is 0 Å². The Hall–Kier alpha value is -3.90. The summed E-state index contributed by atoms with van der Waals surface area (Å²) in [7, 11) is 0. The van der Waals surface area contributed by atoms with E-state index in [0.29, 0.717) is 5.92 Å². The number of hydrogen-bond acceptors (Lipinski definition) is 0. The van der Waals surface area contributed by atoms with Crippen molar-refractivity contribution in [2.45, 2.75) is 117 Å². The summed E-state index contributed by atoms with van der Waals surface area (Å²) in [6.45, 7) is 19.0. The van der Waals surface area contributed by atoms with Crippen molar-refractivity contribution in [1.82, 2.24) is 0 Å². The predicted molar refractivity (Wildman–Crippen MR) is 240 cm³/mol. The van der Waals surface area contributed by atoms with Gasteiger partial charge >= 0.3 is 0 Å². The maximum Gasteiger partial charge on any atom is -0.00198 e. The fraction of sp³-hybridized carbons (Fsp3) is 0.455. The molecule has 4 atom stereocenters. The molecule has 0 aromatic heterocycles. The summed E-state index contributed by atoms with van der Waals surface area (Å²) >= 11 is 0. The van der Waals surface area contributed by atoms with Gasteiger partial charge in [-0.2, -0.15) is 0 Å². The molecule has 4 unspecified atom stereocenters. The number of rotatable bonds is 3. The maximum atomic E-state index is 4.26. The molecule has 0 heterocycles. The van der Waals surface area contributed by atoms with Crippen LogP contribution < -0.4 is 10.4 Å². The Morgan fingerprint density at radius 3 is 1.78 bits per heavy atom. The predicted octanol–water partition coefficient (Wildman–Crippen LogP) is 14.1. The van der Waals surface area contributed by atoms with Crippen molar-refractivity contribution in [1.29, 1.82) is 0 Å². The molecule has 4 bridgehead atoms. The number of benzene rings is 5. The summed E-state index contributed by atoms with van der Waals surface area (Å²) in [6.07, 6.45) is 21.1. The van der Waals surface area contributed by atoms with Crippen molar-refractivity contribution in [3.8, 4) is 0 Å². The molecule has 0 spiro atoms. The summed E-state index contributed by atoms with van der Waals surface area (Å²) in [5.41, 5.74) is 3.29. The molecule has 7 aromatic carbocycles. The zero-order chi connectivity index (χ0) is 37.5. The van der Waals surface area contributed by atoms with E-state index in [2.05, 4.69) is 121 Å². The van der Waals surface area contributed by atoms with Crippen molar-refractivity contribution in [3.05, 3.63) is 94.9 Å². The summed E-state index contributed by atoms with van der Waals surface area (Å²) in [6, 6.07) is 25.2. The summed E-state index contributed by atoms with van der Waals surface area (Å²) < 4.78 is 0. The van der Waals surface area contributed by atoms with E-state index in [1.807, 2.05) is 6.08 Å². The Morgan fingerprint density at radius 2 is 1.11 bits per heavy atom. The fourth-order valence-corrected chi connectivity index (χ4v) is 14.1. The number of allylic oxidation sites excluding steroid dienone is 1. The van der Waals surface area contributed by atoms with Gasteiger partial charge in [0, 0.05) is 0 Å². The standard InChI is InChI=1S/C55H60/c1-8-10-40-44(23-35-20-33-15-31(2)16-34(19-33)21-35)51-27-46-43-12-9-11-42-45-24-38(55(7)29-36-17-32(3)18-37(22-36)30-55)13-14-41(45)50(52(42)43)28-47(46)49-26-39(54(4,5)6)25-48(40)53(49)51/h8-14,23-28,31-37H,1,15-22,29-30H2,2-7H3/b40-10+,44-23+. The third-order valence-corrected chi connectivity index (χ3v) is 15.9. The third kappa shape index (κ3) is 5.28. The molecule has 55 heavy (non-hydrogen) atoms. The number of hydrogen-bond donors (Lipinski definition) is 0. The van der Waals surface area contributed by atoms with Gasteiger partial charge in [-0.25, -0.2) is 0 Å². The van der Waals surface area contributed by atoms with Crippen LogP contribution in [0.5, 0.6) is 0 Å². The molecule has 0 heteroatoms. The van der Waals surface area contributed by atoms with Crippen LogP contribution in [0.2, 0.25) is 0 Å². The first-order valence-electron chi connectivity index (χ1n) is 22.2. The monoisotopic (exact) mass is 720 g/mol. The molecule has 0 amide bonds. The highest BCUT2D eigenvalue weighted by atomic mass is 14.5. The van der Waals surface area contributed by atoms with E-state index in [9.17, 15) is 0 Å². The molecule has 0 N–H and O–H groups in total. The first-order valence-corrected chi connectivity index (χ1v) is 22.2. The largest absolute Gasteiger partial charge is 0.0990 e. The van der Waals surface area contributed by atoms with Crippen molar-refractivity contribution in [3.63, 3.8) is 0 Å². The van der Waals surface area contributed by atoms with Crippen LogP contribution in [0.4, 0.5) is 0 Å². The molecule has 0 nitrogen and oxygen atoms in total. The molecule has 4 fully saturated rings. The fourth-order valence-electron chi connectivity index (χ4n) is 14.1. The van der Waals surface area contributed by atoms with Crippen molar-refractivity contribution >= 4 is 76.8 Å². The smallest absolute Gasteiger partial charge is 0.00198 e. The first-order chi connectivity index (χ1) is 26.4. The molecular weight excluding hydrogens is 661 g/mol. The van der Waals surface area contributed by atoms with Crippen LogP contribution >= 0.6 is 0 Å². The average Bonchev–Trinajstić information content (AvgIpc) is 3.60. The van der Waals surface area contributed by atoms with Gasteiger partial charge in [-0.05, 0) is 233 Å². The van der Waals surface area contributed by atoms with E-state index in [4.69, 9.17) is 0 Å². The minimum absolute atomic E-state index is 0.0336. The van der Waals surface area contributed by atoms with Crippen LogP contribution in [0.3, 0.4) is 0 Å². The van der Waals surface area contributed by atoms with Gasteiger partial charge < -0.3 is 0 Å². The first kappa shape index (κ1) is 34.4. The zero-order valence-corrected chi connectivity index (χ0v) is 34.3. The van der Waals surface area contributed by atoms with Gasteiger partial charge in [0.1, 0.15) is 0 Å². The second-order valence-electron chi connectivity index (χ2n) is 21.3. The molecular formula is C55H60. The lowest BCUT2D eigenvalue weighted by Crippen LogP contribution is -2.38. The minimum Gasteiger partial charge on any atom is -0.0990 e. The highest BCUT2D eigenvalue weighted by Gasteiger charge is 2.42. The van der Waals surface area contributed by atoms with Gasteiger partial charge in [0.25, 0.3) is 0 Å². The quantitative estimate of drug-likeness (QED) is 0.159. The summed E-state index contributed by atoms with van der Waals surface area (Å²) in [4.78, 5) is 0. The van der Waals surface area contributed by atoms with Crippen molar-refractivity contribution in [2.75, 3.05) is 0 Å². The van der Waals surface area contributed by atoms with E-state index < -0.39 is 0 Å². The van der Waals surface area contributed by atoms with E-state index in [1.54, 1.807) is 5.56 Å². The SMILES string of the molecule is C=C/C=c1\c(=C/C2CC3CC(C)CC(C2)C3)c2cc3c(cc4c5ccc(C6(C)CC7CC(C)CC(C7)C6)cc5c5cccc3c54)c3cc(C(C)(C)C)cc1c23. The number of fused-ring (bicyclic) bond motifs is 10. The van der Waals surface area contributed by atoms with E-state index in [1.165, 1.54) is 145 Å². The third-order valence-electron chi connectivity index (χ3n) is 15.9. The topological polar surface area (TPSA) is 0 Å². The molecule has 4 aliphatic rings. The van der Waals surface area contributed by atoms with E-state index >= 15 is 0 Å². The lowest BCUT2D eigenvalue weighted by atomic mass is 9.57. The molecule has 0 radical (unpaired) electrons. The van der Waals surface area contributed by atoms with E-state index in [-0.39, 0.29) is 10.8 Å². The maximum absolute atomic E-state index is 4.26. The molecule has 4 aliphatic carbocycles. The average molecular weight is 721 g/mol. The van der Waals surface area contributed by atoms with Gasteiger partial charge in [0.15, 0.2) is 0 Å². The Morgan fingerprint density at radius 1 is 0.564 bits per heavy atom. The summed E-state index contributed by atoms with van der Waals surface area (Å²) in [5.74, 6) is 5.98. The van der Waals surface area contributed by atoms with Crippen LogP contribution in [-0.4, -0.2) is 0 Å². The van der Waals surface area contributed by atoms with Crippen LogP contribution in [0.1, 0.15) is 117 Å². The Bertz CT molecular complexity index is 2770.